The van der Waals surface area contributed by atoms with Crippen LogP contribution in [0.5, 0.6) is 5.75 Å². The highest BCUT2D eigenvalue weighted by molar-refractivity contribution is 5.97. The Hall–Kier alpha value is -5.06. The van der Waals surface area contributed by atoms with E-state index in [1.54, 1.807) is 32.9 Å². The summed E-state index contributed by atoms with van der Waals surface area (Å²) in [5.41, 5.74) is 3.57. The van der Waals surface area contributed by atoms with E-state index in [2.05, 4.69) is 5.32 Å². The van der Waals surface area contributed by atoms with Gasteiger partial charge in [0.25, 0.3) is 0 Å². The van der Waals surface area contributed by atoms with Crippen LogP contribution in [-0.2, 0) is 19.1 Å². The monoisotopic (exact) mass is 604 g/mol. The van der Waals surface area contributed by atoms with E-state index < -0.39 is 42.2 Å². The van der Waals surface area contributed by atoms with Crippen LogP contribution in [0.25, 0.3) is 11.1 Å². The molecule has 3 aromatic carbocycles. The second kappa shape index (κ2) is 13.9. The first-order chi connectivity index (χ1) is 20.9. The summed E-state index contributed by atoms with van der Waals surface area (Å²) in [4.78, 5) is 49.8. The number of anilines is 1. The molecule has 1 aliphatic rings. The highest BCUT2D eigenvalue weighted by Gasteiger charge is 2.36. The van der Waals surface area contributed by atoms with Crippen molar-refractivity contribution >= 4 is 29.8 Å². The van der Waals surface area contributed by atoms with Crippen molar-refractivity contribution in [3.63, 3.8) is 0 Å². The van der Waals surface area contributed by atoms with Crippen LogP contribution < -0.4 is 15.0 Å². The van der Waals surface area contributed by atoms with Gasteiger partial charge in [-0.2, -0.15) is 0 Å². The number of rotatable bonds is 12. The molecule has 0 saturated carbocycles. The molecule has 0 heterocycles. The Morgan fingerprint density at radius 3 is 2.02 bits per heavy atom. The van der Waals surface area contributed by atoms with Crippen molar-refractivity contribution in [3.05, 3.63) is 83.9 Å². The molecule has 0 saturated heterocycles. The summed E-state index contributed by atoms with van der Waals surface area (Å²) < 4.78 is 16.6. The van der Waals surface area contributed by atoms with Crippen LogP contribution >= 0.6 is 0 Å². The summed E-state index contributed by atoms with van der Waals surface area (Å²) in [7, 11) is 0. The third kappa shape index (κ3) is 8.06. The Kier molecular flexibility index (Phi) is 10.1. The number of carbonyl (C=O) groups excluding carboxylic acids is 2. The molecule has 0 aliphatic heterocycles. The van der Waals surface area contributed by atoms with Crippen LogP contribution in [0.3, 0.4) is 0 Å². The van der Waals surface area contributed by atoms with Gasteiger partial charge >= 0.3 is 24.1 Å². The number of carbonyl (C=O) groups is 4. The third-order valence-electron chi connectivity index (χ3n) is 6.87. The highest BCUT2D eigenvalue weighted by atomic mass is 16.6. The Labute approximate surface area is 255 Å². The van der Waals surface area contributed by atoms with Gasteiger partial charge in [0, 0.05) is 18.2 Å². The molecule has 0 unspecified atom stereocenters. The maximum Gasteiger partial charge on any atom is 0.415 e. The zero-order chi connectivity index (χ0) is 31.9. The molecule has 0 radical (unpaired) electrons. The van der Waals surface area contributed by atoms with Gasteiger partial charge in [-0.05, 0) is 73.7 Å². The standard InChI is InChI=1S/C33H36N2O9/c1-33(2,3)44-31(40)34-17-8-18-42-22-15-13-21(14-16-22)35(28(30(38)39)19-29(36)37)32(41)43-20-27-25-11-6-4-9-23(25)24-10-5-7-12-26(24)27/h4-7,9-16,27-28H,8,17-20H2,1-3H3,(H,34,40)(H,36,37)(H,38,39)/t28-/m0/s1. The lowest BCUT2D eigenvalue weighted by Gasteiger charge is -2.28. The lowest BCUT2D eigenvalue weighted by atomic mass is 9.98. The SMILES string of the molecule is CC(C)(C)OC(=O)NCCCOc1ccc(N(C(=O)OCC2c3ccccc3-c3ccccc32)[C@@H](CC(=O)O)C(=O)O)cc1. The number of alkyl carbamates (subject to hydrolysis) is 1. The van der Waals surface area contributed by atoms with Crippen molar-refractivity contribution in [2.45, 2.75) is 51.2 Å². The molecule has 1 aliphatic carbocycles. The third-order valence-corrected chi connectivity index (χ3v) is 6.87. The van der Waals surface area contributed by atoms with Crippen molar-refractivity contribution in [2.75, 3.05) is 24.7 Å². The molecular formula is C33H36N2O9. The van der Waals surface area contributed by atoms with Crippen LogP contribution in [-0.4, -0.2) is 65.7 Å². The fraction of sp³-hybridized carbons (Fsp3) is 0.333. The van der Waals surface area contributed by atoms with Crippen LogP contribution in [0.15, 0.2) is 72.8 Å². The lowest BCUT2D eigenvalue weighted by molar-refractivity contribution is -0.145. The minimum Gasteiger partial charge on any atom is -0.494 e. The van der Waals surface area contributed by atoms with Crippen molar-refractivity contribution in [1.29, 1.82) is 0 Å². The van der Waals surface area contributed by atoms with Crippen molar-refractivity contribution in [1.82, 2.24) is 5.32 Å². The first-order valence-corrected chi connectivity index (χ1v) is 14.2. The van der Waals surface area contributed by atoms with E-state index in [-0.39, 0.29) is 24.8 Å². The maximum absolute atomic E-state index is 13.5. The number of nitrogens with zero attached hydrogens (tertiary/aromatic N) is 1. The summed E-state index contributed by atoms with van der Waals surface area (Å²) in [6.45, 7) is 5.85. The number of aliphatic carboxylic acids is 2. The van der Waals surface area contributed by atoms with E-state index >= 15 is 0 Å². The predicted octanol–water partition coefficient (Wildman–Crippen LogP) is 5.66. The van der Waals surface area contributed by atoms with Gasteiger partial charge in [-0.25, -0.2) is 14.4 Å². The van der Waals surface area contributed by atoms with Gasteiger partial charge < -0.3 is 29.7 Å². The molecule has 0 spiro atoms. The molecule has 232 valence electrons. The second-order valence-electron chi connectivity index (χ2n) is 11.3. The quantitative estimate of drug-likeness (QED) is 0.222. The number of carboxylic acids is 2. The molecule has 2 amide bonds. The molecule has 4 rings (SSSR count). The van der Waals surface area contributed by atoms with Crippen LogP contribution in [0.2, 0.25) is 0 Å². The summed E-state index contributed by atoms with van der Waals surface area (Å²) in [6, 6.07) is 19.9. The lowest BCUT2D eigenvalue weighted by Crippen LogP contribution is -2.47. The van der Waals surface area contributed by atoms with Crippen molar-refractivity contribution < 1.29 is 43.6 Å². The molecule has 0 aromatic heterocycles. The normalized spacial score (nSPS) is 12.8. The van der Waals surface area contributed by atoms with Gasteiger partial charge in [0.15, 0.2) is 0 Å². The zero-order valence-corrected chi connectivity index (χ0v) is 24.8. The van der Waals surface area contributed by atoms with Gasteiger partial charge in [0.1, 0.15) is 24.0 Å². The molecular weight excluding hydrogens is 568 g/mol. The van der Waals surface area contributed by atoms with Crippen molar-refractivity contribution in [3.8, 4) is 16.9 Å². The summed E-state index contributed by atoms with van der Waals surface area (Å²) in [5.74, 6) is -2.70. The largest absolute Gasteiger partial charge is 0.494 e. The Morgan fingerprint density at radius 2 is 1.48 bits per heavy atom. The number of hydrogen-bond acceptors (Lipinski definition) is 7. The average molecular weight is 605 g/mol. The van der Waals surface area contributed by atoms with E-state index in [1.165, 1.54) is 12.1 Å². The Bertz CT molecular complexity index is 1450. The molecule has 1 atom stereocenters. The molecule has 0 bridgehead atoms. The molecule has 44 heavy (non-hydrogen) atoms. The first kappa shape index (κ1) is 31.9. The zero-order valence-electron chi connectivity index (χ0n) is 24.8. The average Bonchev–Trinajstić information content (AvgIpc) is 3.28. The van der Waals surface area contributed by atoms with Gasteiger partial charge in [-0.3, -0.25) is 9.69 Å². The predicted molar refractivity (Wildman–Crippen MR) is 162 cm³/mol. The topological polar surface area (TPSA) is 152 Å². The van der Waals surface area contributed by atoms with Crippen LogP contribution in [0.1, 0.15) is 50.7 Å². The molecule has 11 nitrogen and oxygen atoms in total. The van der Waals surface area contributed by atoms with Crippen molar-refractivity contribution in [2.24, 2.45) is 0 Å². The van der Waals surface area contributed by atoms with E-state index in [1.807, 2.05) is 48.5 Å². The summed E-state index contributed by atoms with van der Waals surface area (Å²) in [5, 5.41) is 21.9. The summed E-state index contributed by atoms with van der Waals surface area (Å²) >= 11 is 0. The highest BCUT2D eigenvalue weighted by Crippen LogP contribution is 2.44. The number of amides is 2. The fourth-order valence-electron chi connectivity index (χ4n) is 5.00. The fourth-order valence-corrected chi connectivity index (χ4v) is 5.00. The Balaban J connectivity index is 1.44. The van der Waals surface area contributed by atoms with E-state index in [0.717, 1.165) is 27.2 Å². The van der Waals surface area contributed by atoms with Gasteiger partial charge in [-0.15, -0.1) is 0 Å². The molecule has 3 aromatic rings. The smallest absolute Gasteiger partial charge is 0.415 e. The molecule has 0 fully saturated rings. The minimum atomic E-state index is -1.71. The number of hydrogen-bond donors (Lipinski definition) is 3. The van der Waals surface area contributed by atoms with Crippen LogP contribution in [0.4, 0.5) is 15.3 Å². The maximum atomic E-state index is 13.5. The van der Waals surface area contributed by atoms with Gasteiger partial charge in [0.05, 0.1) is 13.0 Å². The van der Waals surface area contributed by atoms with E-state index in [0.29, 0.717) is 18.7 Å². The van der Waals surface area contributed by atoms with E-state index in [9.17, 15) is 29.4 Å². The Morgan fingerprint density at radius 1 is 0.886 bits per heavy atom. The number of fused-ring (bicyclic) bond motifs is 3. The van der Waals surface area contributed by atoms with Gasteiger partial charge in [0.2, 0.25) is 0 Å². The minimum absolute atomic E-state index is 0.0682. The number of ether oxygens (including phenoxy) is 3. The summed E-state index contributed by atoms with van der Waals surface area (Å²) in [6.07, 6.45) is -1.85. The van der Waals surface area contributed by atoms with Gasteiger partial charge in [-0.1, -0.05) is 48.5 Å². The number of nitrogens with one attached hydrogen (secondary N) is 1. The second-order valence-corrected chi connectivity index (χ2v) is 11.3. The number of carboxylic acid groups (broad SMARTS) is 2. The molecule has 11 heteroatoms. The number of benzene rings is 3. The van der Waals surface area contributed by atoms with Crippen LogP contribution in [0, 0.1) is 0 Å². The van der Waals surface area contributed by atoms with E-state index in [4.69, 9.17) is 14.2 Å². The molecule has 3 N–H and O–H groups in total. The first-order valence-electron chi connectivity index (χ1n) is 14.2.